The first kappa shape index (κ1) is 24.4. The number of hydrogen-bond acceptors (Lipinski definition) is 3. The monoisotopic (exact) mass is 475 g/mol. The zero-order valence-corrected chi connectivity index (χ0v) is 20.1. The fourth-order valence-corrected chi connectivity index (χ4v) is 4.54. The number of aryl methyl sites for hydroxylation is 1. The maximum atomic E-state index is 12.9. The number of rotatable bonds is 11. The zero-order valence-electron chi connectivity index (χ0n) is 18.5. The number of nitrogens with one attached hydrogen (secondary N) is 1. The van der Waals surface area contributed by atoms with Crippen molar-refractivity contribution < 1.29 is 13.6 Å². The summed E-state index contributed by atoms with van der Waals surface area (Å²) in [7, 11) is 0. The van der Waals surface area contributed by atoms with Gasteiger partial charge in [-0.1, -0.05) is 68.8 Å². The molecule has 2 aromatic carbocycles. The van der Waals surface area contributed by atoms with E-state index in [0.29, 0.717) is 23.6 Å². The SMILES string of the molecule is CCCCCCCC(NC(=O)c1ccc2nc(C)n(Cc3ccccc3Cl)c2c1)S(=O)O. The van der Waals surface area contributed by atoms with E-state index in [4.69, 9.17) is 11.6 Å². The van der Waals surface area contributed by atoms with Gasteiger partial charge in [0.2, 0.25) is 0 Å². The van der Waals surface area contributed by atoms with Crippen molar-refractivity contribution in [1.82, 2.24) is 14.9 Å². The molecule has 0 aliphatic rings. The van der Waals surface area contributed by atoms with Crippen LogP contribution in [-0.4, -0.2) is 29.6 Å². The summed E-state index contributed by atoms with van der Waals surface area (Å²) >= 11 is 4.21. The van der Waals surface area contributed by atoms with Gasteiger partial charge in [0.25, 0.3) is 5.91 Å². The second kappa shape index (κ2) is 11.6. The van der Waals surface area contributed by atoms with Crippen LogP contribution in [0.2, 0.25) is 5.02 Å². The van der Waals surface area contributed by atoms with Crippen molar-refractivity contribution in [2.75, 3.05) is 0 Å². The van der Waals surface area contributed by atoms with Gasteiger partial charge in [0.15, 0.2) is 11.1 Å². The molecular weight excluding hydrogens is 446 g/mol. The van der Waals surface area contributed by atoms with Crippen LogP contribution in [0.1, 0.15) is 67.2 Å². The highest BCUT2D eigenvalue weighted by molar-refractivity contribution is 7.79. The minimum Gasteiger partial charge on any atom is -0.336 e. The van der Waals surface area contributed by atoms with Gasteiger partial charge in [-0.2, -0.15) is 0 Å². The Morgan fingerprint density at radius 3 is 2.66 bits per heavy atom. The number of hydrogen-bond donors (Lipinski definition) is 2. The van der Waals surface area contributed by atoms with Crippen molar-refractivity contribution in [3.05, 3.63) is 64.4 Å². The van der Waals surface area contributed by atoms with E-state index in [9.17, 15) is 13.6 Å². The van der Waals surface area contributed by atoms with Crippen LogP contribution >= 0.6 is 11.6 Å². The van der Waals surface area contributed by atoms with Gasteiger partial charge < -0.3 is 14.4 Å². The van der Waals surface area contributed by atoms with Gasteiger partial charge in [0.1, 0.15) is 11.2 Å². The van der Waals surface area contributed by atoms with Crippen LogP contribution in [0.4, 0.5) is 0 Å². The van der Waals surface area contributed by atoms with Crippen molar-refractivity contribution in [3.8, 4) is 0 Å². The second-order valence-electron chi connectivity index (χ2n) is 7.98. The Morgan fingerprint density at radius 2 is 1.94 bits per heavy atom. The average molecular weight is 476 g/mol. The highest BCUT2D eigenvalue weighted by Crippen LogP contribution is 2.23. The molecule has 0 aliphatic heterocycles. The average Bonchev–Trinajstić information content (AvgIpc) is 3.08. The molecule has 0 radical (unpaired) electrons. The normalized spacial score (nSPS) is 13.2. The summed E-state index contributed by atoms with van der Waals surface area (Å²) in [6.45, 7) is 4.60. The molecular formula is C24H30ClN3O3S. The van der Waals surface area contributed by atoms with Gasteiger partial charge in [-0.3, -0.25) is 4.79 Å². The third kappa shape index (κ3) is 6.18. The van der Waals surface area contributed by atoms with Gasteiger partial charge in [-0.15, -0.1) is 0 Å². The molecule has 6 nitrogen and oxygen atoms in total. The smallest absolute Gasteiger partial charge is 0.252 e. The van der Waals surface area contributed by atoms with Gasteiger partial charge in [-0.25, -0.2) is 9.19 Å². The van der Waals surface area contributed by atoms with Crippen LogP contribution in [0.25, 0.3) is 11.0 Å². The lowest BCUT2D eigenvalue weighted by Crippen LogP contribution is -2.37. The number of imidazole rings is 1. The van der Waals surface area contributed by atoms with Crippen LogP contribution in [0.15, 0.2) is 42.5 Å². The molecule has 1 aromatic heterocycles. The number of benzene rings is 2. The molecule has 0 spiro atoms. The fraction of sp³-hybridized carbons (Fsp3) is 0.417. The lowest BCUT2D eigenvalue weighted by Gasteiger charge is -2.15. The number of halogens is 1. The van der Waals surface area contributed by atoms with Crippen LogP contribution in [-0.2, 0) is 17.6 Å². The Morgan fingerprint density at radius 1 is 1.19 bits per heavy atom. The largest absolute Gasteiger partial charge is 0.336 e. The Balaban J connectivity index is 1.77. The molecule has 3 rings (SSSR count). The number of amides is 1. The first-order valence-electron chi connectivity index (χ1n) is 11.0. The molecule has 32 heavy (non-hydrogen) atoms. The van der Waals surface area contributed by atoms with E-state index in [-0.39, 0.29) is 5.91 Å². The summed E-state index contributed by atoms with van der Waals surface area (Å²) in [4.78, 5) is 17.5. The molecule has 8 heteroatoms. The summed E-state index contributed by atoms with van der Waals surface area (Å²) in [6.07, 6.45) is 5.66. The molecule has 172 valence electrons. The first-order valence-corrected chi connectivity index (χ1v) is 12.6. The quantitative estimate of drug-likeness (QED) is 0.276. The van der Waals surface area contributed by atoms with Crippen LogP contribution < -0.4 is 5.32 Å². The Labute approximate surface area is 196 Å². The highest BCUT2D eigenvalue weighted by Gasteiger charge is 2.20. The molecule has 1 amide bonds. The number of carbonyl (C=O) groups excluding carboxylic acids is 1. The van der Waals surface area contributed by atoms with E-state index >= 15 is 0 Å². The minimum atomic E-state index is -2.13. The lowest BCUT2D eigenvalue weighted by molar-refractivity contribution is 0.0946. The van der Waals surface area contributed by atoms with Crippen LogP contribution in [0.3, 0.4) is 0 Å². The number of nitrogens with zero attached hydrogens (tertiary/aromatic N) is 2. The fourth-order valence-electron chi connectivity index (χ4n) is 3.77. The maximum absolute atomic E-state index is 12.9. The molecule has 0 fully saturated rings. The topological polar surface area (TPSA) is 84.2 Å². The van der Waals surface area contributed by atoms with Gasteiger partial charge >= 0.3 is 0 Å². The van der Waals surface area contributed by atoms with Crippen molar-refractivity contribution >= 4 is 39.6 Å². The Hall–Kier alpha value is -2.22. The van der Waals surface area contributed by atoms with Crippen LogP contribution in [0.5, 0.6) is 0 Å². The summed E-state index contributed by atoms with van der Waals surface area (Å²) in [5.41, 5.74) is 2.99. The minimum absolute atomic E-state index is 0.365. The van der Waals surface area contributed by atoms with E-state index < -0.39 is 16.5 Å². The molecule has 0 bridgehead atoms. The third-order valence-corrected chi connectivity index (χ3v) is 6.80. The highest BCUT2D eigenvalue weighted by atomic mass is 35.5. The van der Waals surface area contributed by atoms with E-state index in [1.165, 1.54) is 0 Å². The van der Waals surface area contributed by atoms with E-state index in [1.54, 1.807) is 18.2 Å². The number of unbranched alkanes of at least 4 members (excludes halogenated alkanes) is 4. The number of aromatic nitrogens is 2. The summed E-state index contributed by atoms with van der Waals surface area (Å²) in [6, 6.07) is 12.9. The van der Waals surface area contributed by atoms with E-state index in [1.807, 2.05) is 35.8 Å². The van der Waals surface area contributed by atoms with Crippen molar-refractivity contribution in [1.29, 1.82) is 0 Å². The number of carbonyl (C=O) groups is 1. The molecule has 2 unspecified atom stereocenters. The molecule has 3 aromatic rings. The predicted molar refractivity (Wildman–Crippen MR) is 130 cm³/mol. The van der Waals surface area contributed by atoms with Crippen molar-refractivity contribution in [2.24, 2.45) is 0 Å². The Bertz CT molecular complexity index is 1100. The van der Waals surface area contributed by atoms with E-state index in [0.717, 1.165) is 54.5 Å². The second-order valence-corrected chi connectivity index (χ2v) is 9.51. The summed E-state index contributed by atoms with van der Waals surface area (Å²) < 4.78 is 23.4. The maximum Gasteiger partial charge on any atom is 0.252 e. The predicted octanol–water partition coefficient (Wildman–Crippen LogP) is 5.68. The summed E-state index contributed by atoms with van der Waals surface area (Å²) in [5, 5.41) is 2.63. The molecule has 0 saturated heterocycles. The molecule has 2 N–H and O–H groups in total. The van der Waals surface area contributed by atoms with Gasteiger partial charge in [-0.05, 0) is 43.2 Å². The van der Waals surface area contributed by atoms with Crippen LogP contribution in [0, 0.1) is 6.92 Å². The lowest BCUT2D eigenvalue weighted by atomic mass is 10.1. The van der Waals surface area contributed by atoms with E-state index in [2.05, 4.69) is 17.2 Å². The van der Waals surface area contributed by atoms with Crippen molar-refractivity contribution in [2.45, 2.75) is 64.3 Å². The standard InChI is InChI=1S/C24H30ClN3O3S/c1-3-4-5-6-7-12-23(32(30)31)27-24(29)18-13-14-21-22(15-18)28(17(2)26-21)16-19-10-8-9-11-20(19)25/h8-11,13-15,23H,3-7,12,16H2,1-2H3,(H,27,29)(H,30,31). The molecule has 0 aliphatic carbocycles. The zero-order chi connectivity index (χ0) is 23.1. The Kier molecular flexibility index (Phi) is 8.84. The molecule has 1 heterocycles. The van der Waals surface area contributed by atoms with Gasteiger partial charge in [0.05, 0.1) is 17.6 Å². The summed E-state index contributed by atoms with van der Waals surface area (Å²) in [5.74, 6) is 0.454. The molecule has 0 saturated carbocycles. The van der Waals surface area contributed by atoms with Gasteiger partial charge in [0, 0.05) is 10.6 Å². The van der Waals surface area contributed by atoms with Crippen molar-refractivity contribution in [3.63, 3.8) is 0 Å². The first-order chi connectivity index (χ1) is 15.4. The molecule has 2 atom stereocenters. The third-order valence-electron chi connectivity index (χ3n) is 5.59. The number of fused-ring (bicyclic) bond motifs is 1.